The van der Waals surface area contributed by atoms with Crippen molar-refractivity contribution in [1.29, 1.82) is 0 Å². The number of nitrogens with zero attached hydrogens (tertiary/aromatic N) is 3. The lowest BCUT2D eigenvalue weighted by Crippen LogP contribution is -2.49. The van der Waals surface area contributed by atoms with Crippen LogP contribution in [-0.4, -0.2) is 33.4 Å². The Bertz CT molecular complexity index is 1430. The number of fused-ring (bicyclic) bond motifs is 4. The molecule has 4 heterocycles. The number of rotatable bonds is 5. The molecule has 0 radical (unpaired) electrons. The quantitative estimate of drug-likeness (QED) is 0.450. The van der Waals surface area contributed by atoms with Gasteiger partial charge in [-0.25, -0.2) is 0 Å². The summed E-state index contributed by atoms with van der Waals surface area (Å²) >= 11 is 0. The van der Waals surface area contributed by atoms with E-state index in [0.717, 1.165) is 34.5 Å². The van der Waals surface area contributed by atoms with Gasteiger partial charge in [0.2, 0.25) is 0 Å². The SMILES string of the molecule is O=C(c1ccccc1)N1CC2CC(C1)c1ccc(NCc3ccc(-c4ccccn4)cc3)c(=O)n1C2. The zero-order chi connectivity index (χ0) is 24.5. The maximum atomic E-state index is 13.4. The summed E-state index contributed by atoms with van der Waals surface area (Å²) in [4.78, 5) is 32.7. The molecule has 6 heteroatoms. The Morgan fingerprint density at radius 1 is 0.889 bits per heavy atom. The summed E-state index contributed by atoms with van der Waals surface area (Å²) in [7, 11) is 0. The van der Waals surface area contributed by atoms with Crippen molar-refractivity contribution in [3.8, 4) is 11.3 Å². The van der Waals surface area contributed by atoms with E-state index in [1.54, 1.807) is 6.20 Å². The fourth-order valence-electron chi connectivity index (χ4n) is 5.53. The lowest BCUT2D eigenvalue weighted by atomic mass is 9.83. The van der Waals surface area contributed by atoms with Crippen molar-refractivity contribution in [2.24, 2.45) is 5.92 Å². The standard InChI is InChI=1S/C30H28N4O2/c35-29(24-6-2-1-3-7-24)33-18-22-16-25(20-33)28-14-13-27(30(36)34(28)19-22)32-17-21-9-11-23(12-10-21)26-8-4-5-15-31-26/h1-15,22,25,32H,16-20H2. The zero-order valence-electron chi connectivity index (χ0n) is 20.0. The third kappa shape index (κ3) is 4.31. The van der Waals surface area contributed by atoms with Crippen LogP contribution in [0.2, 0.25) is 0 Å². The van der Waals surface area contributed by atoms with E-state index in [0.29, 0.717) is 31.9 Å². The number of carbonyl (C=O) groups excluding carboxylic acids is 1. The molecule has 1 fully saturated rings. The minimum Gasteiger partial charge on any atom is -0.377 e. The van der Waals surface area contributed by atoms with E-state index in [1.165, 1.54) is 0 Å². The number of benzene rings is 2. The summed E-state index contributed by atoms with van der Waals surface area (Å²) in [6.45, 7) is 2.57. The van der Waals surface area contributed by atoms with Gasteiger partial charge in [-0.3, -0.25) is 14.6 Å². The molecule has 1 amide bonds. The van der Waals surface area contributed by atoms with Gasteiger partial charge in [0.1, 0.15) is 5.69 Å². The number of nitrogens with one attached hydrogen (secondary N) is 1. The van der Waals surface area contributed by atoms with E-state index in [9.17, 15) is 9.59 Å². The lowest BCUT2D eigenvalue weighted by molar-refractivity contribution is 0.0594. The van der Waals surface area contributed by atoms with Gasteiger partial charge in [0.15, 0.2) is 0 Å². The van der Waals surface area contributed by atoms with Crippen molar-refractivity contribution in [3.63, 3.8) is 0 Å². The van der Waals surface area contributed by atoms with E-state index in [1.807, 2.05) is 64.1 Å². The molecule has 0 spiro atoms. The van der Waals surface area contributed by atoms with Crippen LogP contribution in [0.4, 0.5) is 5.69 Å². The molecule has 36 heavy (non-hydrogen) atoms. The van der Waals surface area contributed by atoms with Crippen LogP contribution in [0, 0.1) is 5.92 Å². The summed E-state index contributed by atoms with van der Waals surface area (Å²) in [6.07, 6.45) is 2.81. The van der Waals surface area contributed by atoms with Gasteiger partial charge in [-0.05, 0) is 54.3 Å². The average Bonchev–Trinajstić information content (AvgIpc) is 2.94. The minimum atomic E-state index is 0.0233. The molecular formula is C30H28N4O2. The monoisotopic (exact) mass is 476 g/mol. The van der Waals surface area contributed by atoms with Crippen molar-refractivity contribution in [3.05, 3.63) is 118 Å². The van der Waals surface area contributed by atoms with Gasteiger partial charge in [0.25, 0.3) is 11.5 Å². The van der Waals surface area contributed by atoms with Gasteiger partial charge < -0.3 is 14.8 Å². The first-order valence-electron chi connectivity index (χ1n) is 12.5. The Hall–Kier alpha value is -4.19. The molecule has 2 aliphatic rings. The normalized spacial score (nSPS) is 18.4. The van der Waals surface area contributed by atoms with E-state index < -0.39 is 0 Å². The maximum Gasteiger partial charge on any atom is 0.274 e. The van der Waals surface area contributed by atoms with Crippen LogP contribution < -0.4 is 10.9 Å². The molecule has 180 valence electrons. The second kappa shape index (κ2) is 9.46. The van der Waals surface area contributed by atoms with Crippen LogP contribution in [0.25, 0.3) is 11.3 Å². The third-order valence-corrected chi connectivity index (χ3v) is 7.31. The molecule has 2 aromatic heterocycles. The molecule has 2 atom stereocenters. The van der Waals surface area contributed by atoms with E-state index >= 15 is 0 Å². The molecule has 0 aliphatic carbocycles. The van der Waals surface area contributed by atoms with Gasteiger partial charge in [-0.1, -0.05) is 48.5 Å². The highest BCUT2D eigenvalue weighted by Gasteiger charge is 2.36. The Kier molecular flexibility index (Phi) is 5.85. The summed E-state index contributed by atoms with van der Waals surface area (Å²) < 4.78 is 1.93. The van der Waals surface area contributed by atoms with Crippen LogP contribution in [-0.2, 0) is 13.1 Å². The van der Waals surface area contributed by atoms with Gasteiger partial charge in [0.05, 0.1) is 5.69 Å². The number of hydrogen-bond acceptors (Lipinski definition) is 4. The molecule has 1 saturated heterocycles. The summed E-state index contributed by atoms with van der Waals surface area (Å²) in [6, 6.07) is 27.6. The Labute approximate surface area is 210 Å². The van der Waals surface area contributed by atoms with Crippen LogP contribution in [0.3, 0.4) is 0 Å². The van der Waals surface area contributed by atoms with Crippen LogP contribution in [0.15, 0.2) is 95.9 Å². The molecule has 4 aromatic rings. The largest absolute Gasteiger partial charge is 0.377 e. The number of hydrogen-bond donors (Lipinski definition) is 1. The molecule has 2 aromatic carbocycles. The summed E-state index contributed by atoms with van der Waals surface area (Å²) in [5, 5.41) is 3.34. The molecule has 0 saturated carbocycles. The highest BCUT2D eigenvalue weighted by atomic mass is 16.2. The predicted octanol–water partition coefficient (Wildman–Crippen LogP) is 4.78. The maximum absolute atomic E-state index is 13.4. The van der Waals surface area contributed by atoms with Crippen molar-refractivity contribution in [1.82, 2.24) is 14.5 Å². The van der Waals surface area contributed by atoms with E-state index in [2.05, 4.69) is 40.6 Å². The Morgan fingerprint density at radius 2 is 1.69 bits per heavy atom. The lowest BCUT2D eigenvalue weighted by Gasteiger charge is -2.43. The number of anilines is 1. The van der Waals surface area contributed by atoms with Gasteiger partial charge in [-0.2, -0.15) is 0 Å². The fraction of sp³-hybridized carbons (Fsp3) is 0.233. The molecule has 6 nitrogen and oxygen atoms in total. The van der Waals surface area contributed by atoms with Crippen molar-refractivity contribution in [2.75, 3.05) is 18.4 Å². The van der Waals surface area contributed by atoms with Gasteiger partial charge in [-0.15, -0.1) is 0 Å². The molecule has 2 bridgehead atoms. The molecule has 6 rings (SSSR count). The number of pyridine rings is 2. The number of carbonyl (C=O) groups is 1. The van der Waals surface area contributed by atoms with E-state index in [4.69, 9.17) is 0 Å². The minimum absolute atomic E-state index is 0.0233. The average molecular weight is 477 g/mol. The van der Waals surface area contributed by atoms with Crippen LogP contribution >= 0.6 is 0 Å². The molecule has 2 unspecified atom stereocenters. The number of amides is 1. The summed E-state index contributed by atoms with van der Waals surface area (Å²) in [5.74, 6) is 0.551. The molecule has 1 N–H and O–H groups in total. The topological polar surface area (TPSA) is 67.2 Å². The second-order valence-corrected chi connectivity index (χ2v) is 9.73. The molecule has 2 aliphatic heterocycles. The Morgan fingerprint density at radius 3 is 2.47 bits per heavy atom. The number of aromatic nitrogens is 2. The first-order valence-corrected chi connectivity index (χ1v) is 12.5. The van der Waals surface area contributed by atoms with Crippen LogP contribution in [0.5, 0.6) is 0 Å². The van der Waals surface area contributed by atoms with Crippen molar-refractivity contribution >= 4 is 11.6 Å². The highest BCUT2D eigenvalue weighted by molar-refractivity contribution is 5.94. The first kappa shape index (κ1) is 22.3. The summed E-state index contributed by atoms with van der Waals surface area (Å²) in [5.41, 5.74) is 5.51. The number of likely N-dealkylation sites (tertiary alicyclic amines) is 1. The van der Waals surface area contributed by atoms with E-state index in [-0.39, 0.29) is 23.3 Å². The van der Waals surface area contributed by atoms with Crippen molar-refractivity contribution in [2.45, 2.75) is 25.4 Å². The van der Waals surface area contributed by atoms with Crippen LogP contribution in [0.1, 0.15) is 34.0 Å². The molecular weight excluding hydrogens is 448 g/mol. The highest BCUT2D eigenvalue weighted by Crippen LogP contribution is 2.36. The number of piperidine rings is 1. The third-order valence-electron chi connectivity index (χ3n) is 7.31. The first-order chi connectivity index (χ1) is 17.7. The van der Waals surface area contributed by atoms with Gasteiger partial charge >= 0.3 is 0 Å². The van der Waals surface area contributed by atoms with Crippen molar-refractivity contribution < 1.29 is 4.79 Å². The zero-order valence-corrected chi connectivity index (χ0v) is 20.0. The van der Waals surface area contributed by atoms with Gasteiger partial charge in [0, 0.05) is 55.1 Å². The second-order valence-electron chi connectivity index (χ2n) is 9.73. The Balaban J connectivity index is 1.16. The fourth-order valence-corrected chi connectivity index (χ4v) is 5.53. The predicted molar refractivity (Wildman–Crippen MR) is 141 cm³/mol. The smallest absolute Gasteiger partial charge is 0.274 e.